The number of ether oxygens (including phenoxy) is 1. The highest BCUT2D eigenvalue weighted by Crippen LogP contribution is 2.44. The number of benzene rings is 2. The Morgan fingerprint density at radius 3 is 2.45 bits per heavy atom. The van der Waals surface area contributed by atoms with Crippen LogP contribution in [0.15, 0.2) is 60.7 Å². The van der Waals surface area contributed by atoms with E-state index in [4.69, 9.17) is 4.74 Å². The van der Waals surface area contributed by atoms with Gasteiger partial charge in [-0.2, -0.15) is 5.10 Å². The Balaban J connectivity index is 0.000000728. The van der Waals surface area contributed by atoms with Crippen LogP contribution in [0.4, 0.5) is 0 Å². The average Bonchev–Trinajstić information content (AvgIpc) is 3.42. The third kappa shape index (κ3) is 5.28. The molecule has 2 fully saturated rings. The lowest BCUT2D eigenvalue weighted by Crippen LogP contribution is -2.60. The Labute approximate surface area is 197 Å². The molecule has 1 saturated carbocycles. The van der Waals surface area contributed by atoms with Gasteiger partial charge in [-0.1, -0.05) is 58.0 Å². The number of carbonyl (C=O) groups excluding carboxylic acids is 1. The summed E-state index contributed by atoms with van der Waals surface area (Å²) in [7, 11) is 2.12. The summed E-state index contributed by atoms with van der Waals surface area (Å²) in [5.41, 5.74) is 1.93. The van der Waals surface area contributed by atoms with E-state index in [0.717, 1.165) is 30.8 Å². The highest BCUT2D eigenvalue weighted by Gasteiger charge is 2.53. The van der Waals surface area contributed by atoms with E-state index < -0.39 is 0 Å². The second-order valence-electron chi connectivity index (χ2n) is 8.12. The lowest BCUT2D eigenvalue weighted by Gasteiger charge is -2.44. The molecule has 0 bridgehead atoms. The van der Waals surface area contributed by atoms with Crippen molar-refractivity contribution in [3.8, 4) is 22.8 Å². The van der Waals surface area contributed by atoms with E-state index in [9.17, 15) is 4.79 Å². The first-order valence-corrected chi connectivity index (χ1v) is 12.0. The zero-order valence-corrected chi connectivity index (χ0v) is 20.4. The molecule has 0 spiro atoms. The minimum atomic E-state index is -0.0924. The van der Waals surface area contributed by atoms with E-state index in [1.807, 2.05) is 82.3 Å². The number of aromatic nitrogens is 2. The number of aromatic amines is 1. The number of nitrogens with one attached hydrogen (secondary N) is 2. The van der Waals surface area contributed by atoms with E-state index >= 15 is 0 Å². The summed E-state index contributed by atoms with van der Waals surface area (Å²) in [6.07, 6.45) is 2.23. The zero-order valence-electron chi connectivity index (χ0n) is 20.4. The van der Waals surface area contributed by atoms with Crippen LogP contribution < -0.4 is 10.1 Å². The van der Waals surface area contributed by atoms with Crippen LogP contribution in [0.2, 0.25) is 0 Å². The number of carbonyl (C=O) groups is 1. The van der Waals surface area contributed by atoms with Crippen molar-refractivity contribution in [3.05, 3.63) is 66.4 Å². The van der Waals surface area contributed by atoms with Gasteiger partial charge < -0.3 is 15.0 Å². The molecular formula is C27H36N4O2. The molecule has 6 heteroatoms. The molecule has 1 aliphatic heterocycles. The van der Waals surface area contributed by atoms with Crippen molar-refractivity contribution in [1.82, 2.24) is 20.4 Å². The Hall–Kier alpha value is -3.12. The van der Waals surface area contributed by atoms with E-state index in [-0.39, 0.29) is 11.4 Å². The number of para-hydroxylation sites is 2. The molecular weight excluding hydrogens is 412 g/mol. The molecule has 5 rings (SSSR count). The van der Waals surface area contributed by atoms with Crippen LogP contribution in [-0.4, -0.2) is 46.7 Å². The fraction of sp³-hybridized carbons (Fsp3) is 0.407. The molecule has 1 amide bonds. The largest absolute Gasteiger partial charge is 0.457 e. The minimum Gasteiger partial charge on any atom is -0.457 e. The molecule has 176 valence electrons. The molecule has 2 N–H and O–H groups in total. The molecule has 3 aromatic rings. The number of rotatable bonds is 5. The van der Waals surface area contributed by atoms with Gasteiger partial charge in [0.2, 0.25) is 0 Å². The first-order valence-electron chi connectivity index (χ1n) is 12.0. The minimum absolute atomic E-state index is 0.0779. The maximum absolute atomic E-state index is 12.9. The SMILES string of the molecule is CC.CC.CN1CC2CCC2(NC(=O)c2cc(-c3ccccc3Oc3ccccc3)n[nH]2)C1. The van der Waals surface area contributed by atoms with Gasteiger partial charge in [0.1, 0.15) is 17.2 Å². The monoisotopic (exact) mass is 448 g/mol. The standard InChI is InChI=1S/C23H24N4O2.2C2H6/c1-27-14-16-11-12-23(16,15-27)24-22(28)20-13-19(25-26-20)18-9-5-6-10-21(18)29-17-7-3-2-4-8-17;2*1-2/h2-10,13,16H,11-12,14-15H2,1H3,(H,24,28)(H,25,26);2*1-2H3. The molecule has 2 heterocycles. The van der Waals surface area contributed by atoms with Gasteiger partial charge in [0, 0.05) is 18.7 Å². The van der Waals surface area contributed by atoms with Crippen LogP contribution in [0.1, 0.15) is 51.0 Å². The highest BCUT2D eigenvalue weighted by atomic mass is 16.5. The van der Waals surface area contributed by atoms with Crippen LogP contribution in [0, 0.1) is 5.92 Å². The summed E-state index contributed by atoms with van der Waals surface area (Å²) in [6.45, 7) is 9.97. The van der Waals surface area contributed by atoms with Crippen molar-refractivity contribution in [1.29, 1.82) is 0 Å². The van der Waals surface area contributed by atoms with Gasteiger partial charge in [0.25, 0.3) is 5.91 Å². The van der Waals surface area contributed by atoms with Crippen molar-refractivity contribution < 1.29 is 9.53 Å². The van der Waals surface area contributed by atoms with Crippen LogP contribution in [0.25, 0.3) is 11.3 Å². The second kappa shape index (κ2) is 11.1. The number of H-pyrrole nitrogens is 1. The number of likely N-dealkylation sites (N-methyl/N-ethyl adjacent to an activating group) is 1. The Bertz CT molecular complexity index is 1030. The third-order valence-electron chi connectivity index (χ3n) is 6.12. The molecule has 1 aromatic heterocycles. The molecule has 2 aliphatic rings. The maximum Gasteiger partial charge on any atom is 0.269 e. The molecule has 33 heavy (non-hydrogen) atoms. The third-order valence-corrected chi connectivity index (χ3v) is 6.12. The topological polar surface area (TPSA) is 70.2 Å². The lowest BCUT2D eigenvalue weighted by atomic mass is 9.69. The number of fused-ring (bicyclic) bond motifs is 1. The molecule has 1 aliphatic carbocycles. The number of amides is 1. The van der Waals surface area contributed by atoms with Crippen LogP contribution in [0.5, 0.6) is 11.5 Å². The quantitative estimate of drug-likeness (QED) is 0.522. The molecule has 6 nitrogen and oxygen atoms in total. The normalized spacial score (nSPS) is 20.8. The number of nitrogens with zero attached hydrogens (tertiary/aromatic N) is 2. The molecule has 2 aromatic carbocycles. The second-order valence-corrected chi connectivity index (χ2v) is 8.12. The number of hydrogen-bond acceptors (Lipinski definition) is 4. The predicted octanol–water partition coefficient (Wildman–Crippen LogP) is 5.75. The summed E-state index contributed by atoms with van der Waals surface area (Å²) in [5.74, 6) is 1.92. The summed E-state index contributed by atoms with van der Waals surface area (Å²) in [4.78, 5) is 15.2. The van der Waals surface area contributed by atoms with Gasteiger partial charge >= 0.3 is 0 Å². The Morgan fingerprint density at radius 2 is 1.79 bits per heavy atom. The van der Waals surface area contributed by atoms with Crippen molar-refractivity contribution in [2.75, 3.05) is 20.1 Å². The lowest BCUT2D eigenvalue weighted by molar-refractivity contribution is 0.0756. The van der Waals surface area contributed by atoms with E-state index in [1.165, 1.54) is 6.42 Å². The molecule has 0 radical (unpaired) electrons. The first kappa shape index (κ1) is 24.5. The zero-order chi connectivity index (χ0) is 23.8. The maximum atomic E-state index is 12.9. The predicted molar refractivity (Wildman–Crippen MR) is 134 cm³/mol. The van der Waals surface area contributed by atoms with Crippen molar-refractivity contribution >= 4 is 5.91 Å². The van der Waals surface area contributed by atoms with Crippen molar-refractivity contribution in [2.45, 2.75) is 46.1 Å². The van der Waals surface area contributed by atoms with Gasteiger partial charge in [0.15, 0.2) is 0 Å². The summed E-state index contributed by atoms with van der Waals surface area (Å²) in [5, 5.41) is 10.6. The summed E-state index contributed by atoms with van der Waals surface area (Å²) in [6, 6.07) is 19.1. The van der Waals surface area contributed by atoms with Crippen molar-refractivity contribution in [3.63, 3.8) is 0 Å². The van der Waals surface area contributed by atoms with Crippen LogP contribution in [0.3, 0.4) is 0 Å². The molecule has 1 saturated heterocycles. The summed E-state index contributed by atoms with van der Waals surface area (Å²) >= 11 is 0. The number of likely N-dealkylation sites (tertiary alicyclic amines) is 1. The van der Waals surface area contributed by atoms with Crippen molar-refractivity contribution in [2.24, 2.45) is 5.92 Å². The van der Waals surface area contributed by atoms with E-state index in [1.54, 1.807) is 6.07 Å². The summed E-state index contributed by atoms with van der Waals surface area (Å²) < 4.78 is 6.03. The number of hydrogen-bond donors (Lipinski definition) is 2. The molecule has 2 unspecified atom stereocenters. The van der Waals surface area contributed by atoms with Crippen LogP contribution in [-0.2, 0) is 0 Å². The average molecular weight is 449 g/mol. The fourth-order valence-electron chi connectivity index (χ4n) is 4.55. The van der Waals surface area contributed by atoms with E-state index in [2.05, 4.69) is 27.5 Å². The smallest absolute Gasteiger partial charge is 0.269 e. The Morgan fingerprint density at radius 1 is 1.09 bits per heavy atom. The van der Waals surface area contributed by atoms with Gasteiger partial charge in [-0.3, -0.25) is 9.89 Å². The fourth-order valence-corrected chi connectivity index (χ4v) is 4.55. The highest BCUT2D eigenvalue weighted by molar-refractivity contribution is 5.94. The Kier molecular flexibility index (Phi) is 8.28. The van der Waals surface area contributed by atoms with Crippen LogP contribution >= 0.6 is 0 Å². The van der Waals surface area contributed by atoms with Gasteiger partial charge in [-0.05, 0) is 56.1 Å². The van der Waals surface area contributed by atoms with Gasteiger partial charge in [0.05, 0.1) is 11.2 Å². The first-order chi connectivity index (χ1) is 16.1. The molecule has 2 atom stereocenters. The van der Waals surface area contributed by atoms with Gasteiger partial charge in [-0.25, -0.2) is 0 Å². The van der Waals surface area contributed by atoms with E-state index in [0.29, 0.717) is 23.1 Å². The van der Waals surface area contributed by atoms with Gasteiger partial charge in [-0.15, -0.1) is 0 Å².